The van der Waals surface area contributed by atoms with Crippen molar-refractivity contribution < 1.29 is 0 Å². The Kier molecular flexibility index (Phi) is 4.44. The van der Waals surface area contributed by atoms with Crippen LogP contribution < -0.4 is 0 Å². The molecule has 1 aliphatic rings. The van der Waals surface area contributed by atoms with E-state index in [1.807, 2.05) is 47.4 Å². The fourth-order valence-electron chi connectivity index (χ4n) is 3.91. The van der Waals surface area contributed by atoms with Crippen molar-refractivity contribution in [3.8, 4) is 11.3 Å². The number of hydrogen-bond acceptors (Lipinski definition) is 6. The smallest absolute Gasteiger partial charge is 0.177 e. The van der Waals surface area contributed by atoms with E-state index >= 15 is 0 Å². The van der Waals surface area contributed by atoms with Gasteiger partial charge < -0.3 is 0 Å². The lowest BCUT2D eigenvalue weighted by atomic mass is 9.96. The molecule has 1 aliphatic heterocycles. The molecule has 0 aromatic carbocycles. The third-order valence-electron chi connectivity index (χ3n) is 5.42. The Bertz CT molecular complexity index is 1100. The minimum absolute atomic E-state index is 0.396. The SMILES string of the molecule is Cc1ccc(CN2CCC(c3nnc4ccc(-c5cnn(C)c5)nn34)CC2)s1. The van der Waals surface area contributed by atoms with Gasteiger partial charge in [-0.2, -0.15) is 14.7 Å². The summed E-state index contributed by atoms with van der Waals surface area (Å²) in [6.45, 7) is 5.39. The van der Waals surface area contributed by atoms with Crippen LogP contribution in [0.25, 0.3) is 16.9 Å². The van der Waals surface area contributed by atoms with Crippen LogP contribution in [0.1, 0.15) is 34.3 Å². The number of aromatic nitrogens is 6. The lowest BCUT2D eigenvalue weighted by Crippen LogP contribution is -2.32. The number of hydrogen-bond donors (Lipinski definition) is 0. The fourth-order valence-corrected chi connectivity index (χ4v) is 4.84. The van der Waals surface area contributed by atoms with E-state index < -0.39 is 0 Å². The first-order chi connectivity index (χ1) is 13.7. The van der Waals surface area contributed by atoms with Crippen LogP contribution in [0.15, 0.2) is 36.7 Å². The van der Waals surface area contributed by atoms with E-state index in [0.717, 1.165) is 55.2 Å². The van der Waals surface area contributed by atoms with Crippen molar-refractivity contribution in [3.63, 3.8) is 0 Å². The molecule has 0 radical (unpaired) electrons. The lowest BCUT2D eigenvalue weighted by Gasteiger charge is -2.30. The van der Waals surface area contributed by atoms with Gasteiger partial charge in [0.2, 0.25) is 0 Å². The maximum absolute atomic E-state index is 4.81. The molecule has 0 N–H and O–H groups in total. The highest BCUT2D eigenvalue weighted by molar-refractivity contribution is 7.11. The van der Waals surface area contributed by atoms with E-state index in [4.69, 9.17) is 5.10 Å². The molecule has 0 saturated carbocycles. The third kappa shape index (κ3) is 3.33. The molecular formula is C20H23N7S. The molecule has 0 atom stereocenters. The molecule has 4 aromatic rings. The molecule has 0 unspecified atom stereocenters. The normalized spacial score (nSPS) is 16.2. The largest absolute Gasteiger partial charge is 0.298 e. The first-order valence-corrected chi connectivity index (χ1v) is 10.5. The van der Waals surface area contributed by atoms with Crippen LogP contribution in [-0.2, 0) is 13.6 Å². The molecule has 5 heterocycles. The maximum Gasteiger partial charge on any atom is 0.177 e. The van der Waals surface area contributed by atoms with Crippen molar-refractivity contribution in [3.05, 3.63) is 52.2 Å². The molecule has 144 valence electrons. The van der Waals surface area contributed by atoms with Crippen LogP contribution in [0.5, 0.6) is 0 Å². The summed E-state index contributed by atoms with van der Waals surface area (Å²) in [4.78, 5) is 5.38. The van der Waals surface area contributed by atoms with Gasteiger partial charge in [0.05, 0.1) is 11.9 Å². The minimum Gasteiger partial charge on any atom is -0.298 e. The second-order valence-electron chi connectivity index (χ2n) is 7.51. The number of thiophene rings is 1. The summed E-state index contributed by atoms with van der Waals surface area (Å²) in [6.07, 6.45) is 5.99. The summed E-state index contributed by atoms with van der Waals surface area (Å²) in [5, 5.41) is 17.9. The zero-order valence-corrected chi connectivity index (χ0v) is 16.9. The summed E-state index contributed by atoms with van der Waals surface area (Å²) in [5.41, 5.74) is 2.70. The quantitative estimate of drug-likeness (QED) is 0.532. The van der Waals surface area contributed by atoms with Gasteiger partial charge in [-0.25, -0.2) is 0 Å². The average Bonchev–Trinajstić information content (AvgIpc) is 3.42. The van der Waals surface area contributed by atoms with Crippen LogP contribution in [0.2, 0.25) is 0 Å². The second-order valence-corrected chi connectivity index (χ2v) is 8.88. The number of rotatable bonds is 4. The molecule has 5 rings (SSSR count). The molecule has 8 heteroatoms. The van der Waals surface area contributed by atoms with Gasteiger partial charge in [0.25, 0.3) is 0 Å². The number of piperidine rings is 1. The Labute approximate surface area is 167 Å². The topological polar surface area (TPSA) is 64.1 Å². The Hall–Kier alpha value is -2.58. The molecule has 0 bridgehead atoms. The van der Waals surface area contributed by atoms with E-state index in [9.17, 15) is 0 Å². The van der Waals surface area contributed by atoms with Crippen molar-refractivity contribution in [2.45, 2.75) is 32.2 Å². The molecule has 28 heavy (non-hydrogen) atoms. The van der Waals surface area contributed by atoms with Crippen LogP contribution in [-0.4, -0.2) is 47.6 Å². The van der Waals surface area contributed by atoms with Crippen molar-refractivity contribution in [2.75, 3.05) is 13.1 Å². The van der Waals surface area contributed by atoms with Gasteiger partial charge in [0.1, 0.15) is 0 Å². The summed E-state index contributed by atoms with van der Waals surface area (Å²) in [6, 6.07) is 8.43. The molecule has 1 saturated heterocycles. The van der Waals surface area contributed by atoms with Gasteiger partial charge in [-0.15, -0.1) is 21.5 Å². The fraction of sp³-hybridized carbons (Fsp3) is 0.400. The number of fused-ring (bicyclic) bond motifs is 1. The first kappa shape index (κ1) is 17.5. The molecule has 1 fully saturated rings. The van der Waals surface area contributed by atoms with Gasteiger partial charge in [-0.1, -0.05) is 0 Å². The summed E-state index contributed by atoms with van der Waals surface area (Å²) in [7, 11) is 1.91. The molecular weight excluding hydrogens is 370 g/mol. The third-order valence-corrected chi connectivity index (χ3v) is 6.40. The van der Waals surface area contributed by atoms with Crippen LogP contribution in [0.3, 0.4) is 0 Å². The van der Waals surface area contributed by atoms with Crippen molar-refractivity contribution in [1.29, 1.82) is 0 Å². The van der Waals surface area contributed by atoms with Crippen molar-refractivity contribution in [2.24, 2.45) is 7.05 Å². The molecule has 7 nitrogen and oxygen atoms in total. The Morgan fingerprint density at radius 2 is 1.96 bits per heavy atom. The second kappa shape index (κ2) is 7.10. The van der Waals surface area contributed by atoms with Crippen LogP contribution >= 0.6 is 11.3 Å². The average molecular weight is 394 g/mol. The van der Waals surface area contributed by atoms with Crippen LogP contribution in [0.4, 0.5) is 0 Å². The van der Waals surface area contributed by atoms with E-state index in [1.54, 1.807) is 4.68 Å². The number of likely N-dealkylation sites (tertiary alicyclic amines) is 1. The standard InChI is InChI=1S/C20H23N7S/c1-14-3-4-17(28-14)13-26-9-7-15(8-10-26)20-23-22-19-6-5-18(24-27(19)20)16-11-21-25(2)12-16/h3-6,11-12,15H,7-10,13H2,1-2H3. The maximum atomic E-state index is 4.81. The highest BCUT2D eigenvalue weighted by atomic mass is 32.1. The van der Waals surface area contributed by atoms with E-state index in [0.29, 0.717) is 5.92 Å². The zero-order chi connectivity index (χ0) is 19.1. The highest BCUT2D eigenvalue weighted by Gasteiger charge is 2.25. The summed E-state index contributed by atoms with van der Waals surface area (Å²) < 4.78 is 3.71. The predicted octanol–water partition coefficient (Wildman–Crippen LogP) is 3.27. The molecule has 0 spiro atoms. The van der Waals surface area contributed by atoms with E-state index in [2.05, 4.69) is 39.3 Å². The molecule has 0 amide bonds. The lowest BCUT2D eigenvalue weighted by molar-refractivity contribution is 0.202. The zero-order valence-electron chi connectivity index (χ0n) is 16.1. The Morgan fingerprint density at radius 1 is 1.11 bits per heavy atom. The van der Waals surface area contributed by atoms with Crippen molar-refractivity contribution >= 4 is 17.0 Å². The van der Waals surface area contributed by atoms with Crippen molar-refractivity contribution in [1.82, 2.24) is 34.5 Å². The van der Waals surface area contributed by atoms with E-state index in [-0.39, 0.29) is 0 Å². The monoisotopic (exact) mass is 393 g/mol. The number of nitrogens with zero attached hydrogens (tertiary/aromatic N) is 7. The Morgan fingerprint density at radius 3 is 2.68 bits per heavy atom. The molecule has 0 aliphatic carbocycles. The number of aryl methyl sites for hydroxylation is 2. The van der Waals surface area contributed by atoms with Gasteiger partial charge in [0, 0.05) is 41.0 Å². The predicted molar refractivity (Wildman–Crippen MR) is 109 cm³/mol. The van der Waals surface area contributed by atoms with Gasteiger partial charge in [0.15, 0.2) is 11.5 Å². The minimum atomic E-state index is 0.396. The van der Waals surface area contributed by atoms with Gasteiger partial charge in [-0.05, 0) is 57.1 Å². The highest BCUT2D eigenvalue weighted by Crippen LogP contribution is 2.29. The first-order valence-electron chi connectivity index (χ1n) is 9.65. The van der Waals surface area contributed by atoms with Gasteiger partial charge >= 0.3 is 0 Å². The van der Waals surface area contributed by atoms with Crippen LogP contribution in [0, 0.1) is 6.92 Å². The Balaban J connectivity index is 1.33. The summed E-state index contributed by atoms with van der Waals surface area (Å²) in [5.74, 6) is 1.38. The summed E-state index contributed by atoms with van der Waals surface area (Å²) >= 11 is 1.90. The molecule has 4 aromatic heterocycles. The van der Waals surface area contributed by atoms with E-state index in [1.165, 1.54) is 9.75 Å². The van der Waals surface area contributed by atoms with Gasteiger partial charge in [-0.3, -0.25) is 9.58 Å².